The number of hydrogen-bond acceptors (Lipinski definition) is 4. The van der Waals surface area contributed by atoms with Crippen molar-refractivity contribution in [1.29, 1.82) is 0 Å². The Hall–Kier alpha value is -3.78. The molecular formula is C29H32F3N3O2. The highest BCUT2D eigenvalue weighted by Gasteiger charge is 2.31. The molecule has 1 amide bonds. The molecule has 0 saturated heterocycles. The van der Waals surface area contributed by atoms with E-state index in [-0.39, 0.29) is 11.7 Å². The Labute approximate surface area is 216 Å². The standard InChI is InChI=1S/C29H32F3N3O2/c1-3-35(4-2)18-8-17-33-28(36)24-11-7-13-26(21-24)34-25-12-5-9-22(19-25)15-16-23-10-6-14-27(20-23)37-29(30,31)32/h5-7,9-16,19-21,34H,3-4,8,17-18H2,1-2H3,(H,33,36). The smallest absolute Gasteiger partial charge is 0.406 e. The number of nitrogens with zero attached hydrogens (tertiary/aromatic N) is 1. The van der Waals surface area contributed by atoms with E-state index < -0.39 is 6.36 Å². The van der Waals surface area contributed by atoms with Crippen LogP contribution in [0.3, 0.4) is 0 Å². The molecule has 0 heterocycles. The molecule has 0 aliphatic carbocycles. The van der Waals surface area contributed by atoms with Crippen molar-refractivity contribution in [3.05, 3.63) is 89.5 Å². The zero-order valence-corrected chi connectivity index (χ0v) is 21.0. The molecular weight excluding hydrogens is 479 g/mol. The number of alkyl halides is 3. The summed E-state index contributed by atoms with van der Waals surface area (Å²) >= 11 is 0. The van der Waals surface area contributed by atoms with E-state index >= 15 is 0 Å². The number of carbonyl (C=O) groups is 1. The van der Waals surface area contributed by atoms with Crippen molar-refractivity contribution in [2.75, 3.05) is 31.5 Å². The second kappa shape index (κ2) is 13.5. The highest BCUT2D eigenvalue weighted by atomic mass is 19.4. The molecule has 3 aromatic rings. The minimum Gasteiger partial charge on any atom is -0.406 e. The van der Waals surface area contributed by atoms with Crippen molar-refractivity contribution in [2.45, 2.75) is 26.6 Å². The van der Waals surface area contributed by atoms with E-state index in [2.05, 4.69) is 34.1 Å². The van der Waals surface area contributed by atoms with Gasteiger partial charge in [0.15, 0.2) is 0 Å². The first-order valence-corrected chi connectivity index (χ1v) is 12.3. The fourth-order valence-electron chi connectivity index (χ4n) is 3.78. The van der Waals surface area contributed by atoms with E-state index in [1.165, 1.54) is 18.2 Å². The predicted octanol–water partition coefficient (Wildman–Crippen LogP) is 6.96. The Morgan fingerprint density at radius 3 is 2.19 bits per heavy atom. The van der Waals surface area contributed by atoms with Crippen molar-refractivity contribution in [2.24, 2.45) is 0 Å². The molecule has 0 aromatic heterocycles. The molecule has 0 unspecified atom stereocenters. The molecule has 37 heavy (non-hydrogen) atoms. The number of anilines is 2. The van der Waals surface area contributed by atoms with Gasteiger partial charge in [0.05, 0.1) is 0 Å². The quantitative estimate of drug-likeness (QED) is 0.204. The van der Waals surface area contributed by atoms with Gasteiger partial charge >= 0.3 is 6.36 Å². The number of ether oxygens (including phenoxy) is 1. The molecule has 0 spiro atoms. The molecule has 3 rings (SSSR count). The number of amides is 1. The van der Waals surface area contributed by atoms with Gasteiger partial charge < -0.3 is 20.3 Å². The van der Waals surface area contributed by atoms with Crippen molar-refractivity contribution >= 4 is 29.4 Å². The lowest BCUT2D eigenvalue weighted by atomic mass is 10.1. The number of benzene rings is 3. The lowest BCUT2D eigenvalue weighted by molar-refractivity contribution is -0.274. The van der Waals surface area contributed by atoms with Gasteiger partial charge in [0, 0.05) is 23.5 Å². The van der Waals surface area contributed by atoms with Gasteiger partial charge in [0.1, 0.15) is 5.75 Å². The van der Waals surface area contributed by atoms with Crippen LogP contribution < -0.4 is 15.4 Å². The molecule has 2 N–H and O–H groups in total. The number of rotatable bonds is 12. The maximum Gasteiger partial charge on any atom is 0.573 e. The van der Waals surface area contributed by atoms with Crippen molar-refractivity contribution in [1.82, 2.24) is 10.2 Å². The molecule has 0 saturated carbocycles. The minimum atomic E-state index is -4.73. The number of hydrogen-bond donors (Lipinski definition) is 2. The van der Waals surface area contributed by atoms with Crippen LogP contribution in [0, 0.1) is 0 Å². The molecule has 5 nitrogen and oxygen atoms in total. The highest BCUT2D eigenvalue weighted by molar-refractivity contribution is 5.95. The van der Waals surface area contributed by atoms with Crippen LogP contribution >= 0.6 is 0 Å². The maximum atomic E-state index is 12.6. The van der Waals surface area contributed by atoms with Gasteiger partial charge in [-0.2, -0.15) is 0 Å². The van der Waals surface area contributed by atoms with Crippen LogP contribution in [0.25, 0.3) is 12.2 Å². The van der Waals surface area contributed by atoms with Gasteiger partial charge in [-0.15, -0.1) is 13.2 Å². The van der Waals surface area contributed by atoms with Gasteiger partial charge in [0.2, 0.25) is 0 Å². The predicted molar refractivity (Wildman–Crippen MR) is 143 cm³/mol. The van der Waals surface area contributed by atoms with Crippen LogP contribution in [0.15, 0.2) is 72.8 Å². The van der Waals surface area contributed by atoms with Crippen molar-refractivity contribution in [3.63, 3.8) is 0 Å². The Balaban J connectivity index is 1.60. The van der Waals surface area contributed by atoms with Crippen molar-refractivity contribution < 1.29 is 22.7 Å². The molecule has 196 valence electrons. The molecule has 0 aliphatic heterocycles. The summed E-state index contributed by atoms with van der Waals surface area (Å²) in [5.74, 6) is -0.380. The monoisotopic (exact) mass is 511 g/mol. The first-order chi connectivity index (χ1) is 17.8. The topological polar surface area (TPSA) is 53.6 Å². The third-order valence-corrected chi connectivity index (χ3v) is 5.69. The zero-order valence-electron chi connectivity index (χ0n) is 21.0. The van der Waals surface area contributed by atoms with Gasteiger partial charge in [-0.25, -0.2) is 0 Å². The van der Waals surface area contributed by atoms with E-state index in [1.807, 2.05) is 36.4 Å². The normalized spacial score (nSPS) is 11.6. The van der Waals surface area contributed by atoms with Crippen molar-refractivity contribution in [3.8, 4) is 5.75 Å². The van der Waals surface area contributed by atoms with Gasteiger partial charge in [-0.1, -0.05) is 56.3 Å². The Bertz CT molecular complexity index is 1190. The first kappa shape index (κ1) is 27.8. The second-order valence-corrected chi connectivity index (χ2v) is 8.42. The van der Waals surface area contributed by atoms with Gasteiger partial charge in [-0.3, -0.25) is 4.79 Å². The van der Waals surface area contributed by atoms with E-state index in [1.54, 1.807) is 30.4 Å². The largest absolute Gasteiger partial charge is 0.573 e. The fourth-order valence-corrected chi connectivity index (χ4v) is 3.78. The third kappa shape index (κ3) is 9.65. The van der Waals surface area contributed by atoms with Crippen LogP contribution in [0.1, 0.15) is 41.8 Å². The molecule has 0 atom stereocenters. The van der Waals surface area contributed by atoms with Crippen LogP contribution in [0.2, 0.25) is 0 Å². The SMILES string of the molecule is CCN(CC)CCCNC(=O)c1cccc(Nc2cccc(C=Cc3cccc(OC(F)(F)F)c3)c2)c1. The van der Waals surface area contributed by atoms with E-state index in [0.29, 0.717) is 17.7 Å². The molecule has 0 aliphatic rings. The number of nitrogens with one attached hydrogen (secondary N) is 2. The lowest BCUT2D eigenvalue weighted by Gasteiger charge is -2.17. The Morgan fingerprint density at radius 2 is 1.51 bits per heavy atom. The summed E-state index contributed by atoms with van der Waals surface area (Å²) in [5, 5.41) is 6.28. The highest BCUT2D eigenvalue weighted by Crippen LogP contribution is 2.25. The van der Waals surface area contributed by atoms with Crippen LogP contribution in [0.5, 0.6) is 5.75 Å². The van der Waals surface area contributed by atoms with Crippen LogP contribution in [-0.4, -0.2) is 43.3 Å². The van der Waals surface area contributed by atoms with Crippen LogP contribution in [-0.2, 0) is 0 Å². The second-order valence-electron chi connectivity index (χ2n) is 8.42. The van der Waals surface area contributed by atoms with Gasteiger partial charge in [0.25, 0.3) is 5.91 Å². The summed E-state index contributed by atoms with van der Waals surface area (Å²) in [6.07, 6.45) is -0.315. The molecule has 0 bridgehead atoms. The molecule has 3 aromatic carbocycles. The summed E-state index contributed by atoms with van der Waals surface area (Å²) in [6.45, 7) is 7.82. The average Bonchev–Trinajstić information content (AvgIpc) is 2.87. The summed E-state index contributed by atoms with van der Waals surface area (Å²) < 4.78 is 41.4. The lowest BCUT2D eigenvalue weighted by Crippen LogP contribution is -2.29. The van der Waals surface area contributed by atoms with Gasteiger partial charge in [-0.05, 0) is 79.6 Å². The minimum absolute atomic E-state index is 0.114. The molecule has 0 fully saturated rings. The molecule has 8 heteroatoms. The van der Waals surface area contributed by atoms with Crippen LogP contribution in [0.4, 0.5) is 24.5 Å². The summed E-state index contributed by atoms with van der Waals surface area (Å²) in [5.41, 5.74) is 3.59. The summed E-state index contributed by atoms with van der Waals surface area (Å²) in [4.78, 5) is 14.9. The average molecular weight is 512 g/mol. The van der Waals surface area contributed by atoms with E-state index in [0.717, 1.165) is 43.0 Å². The summed E-state index contributed by atoms with van der Waals surface area (Å²) in [6, 6.07) is 20.6. The Kier molecular flexibility index (Phi) is 10.1. The first-order valence-electron chi connectivity index (χ1n) is 12.3. The maximum absolute atomic E-state index is 12.6. The van der Waals surface area contributed by atoms with E-state index in [9.17, 15) is 18.0 Å². The third-order valence-electron chi connectivity index (χ3n) is 5.69. The number of carbonyl (C=O) groups excluding carboxylic acids is 1. The Morgan fingerprint density at radius 1 is 0.892 bits per heavy atom. The zero-order chi connectivity index (χ0) is 26.7. The number of halogens is 3. The summed E-state index contributed by atoms with van der Waals surface area (Å²) in [7, 11) is 0. The fraction of sp³-hybridized carbons (Fsp3) is 0.276. The van der Waals surface area contributed by atoms with E-state index in [4.69, 9.17) is 0 Å². The molecule has 0 radical (unpaired) electrons.